The third-order valence-electron chi connectivity index (χ3n) is 2.03. The van der Waals surface area contributed by atoms with Gasteiger partial charge in [0, 0.05) is 5.56 Å². The van der Waals surface area contributed by atoms with Gasteiger partial charge in [-0.1, -0.05) is 23.2 Å². The van der Waals surface area contributed by atoms with Crippen LogP contribution < -0.4 is 0 Å². The van der Waals surface area contributed by atoms with Crippen LogP contribution in [0.1, 0.15) is 10.4 Å². The molecule has 1 rings (SSSR count). The van der Waals surface area contributed by atoms with Gasteiger partial charge in [-0.2, -0.15) is 0 Å². The number of ether oxygens (including phenoxy) is 1. The number of Topliss-reactive ketones (excluding diaryl/α,β-unsaturated/α-hetero) is 1. The van der Waals surface area contributed by atoms with Crippen LogP contribution >= 0.6 is 23.2 Å². The van der Waals surface area contributed by atoms with Gasteiger partial charge in [-0.25, -0.2) is 9.18 Å². The van der Waals surface area contributed by atoms with E-state index in [2.05, 4.69) is 4.74 Å². The van der Waals surface area contributed by atoms with E-state index < -0.39 is 23.1 Å². The Morgan fingerprint density at radius 3 is 2.37 bits per heavy atom. The summed E-state index contributed by atoms with van der Waals surface area (Å²) in [6, 6.07) is 1.80. The Morgan fingerprint density at radius 1 is 1.32 bits per heavy atom. The number of hydrogen-bond acceptors (Lipinski definition) is 4. The van der Waals surface area contributed by atoms with Crippen molar-refractivity contribution in [2.75, 3.05) is 7.11 Å². The van der Waals surface area contributed by atoms with Crippen LogP contribution in [0, 0.1) is 5.82 Å². The van der Waals surface area contributed by atoms with Gasteiger partial charge in [0.1, 0.15) is 11.4 Å². The summed E-state index contributed by atoms with van der Waals surface area (Å²) < 4.78 is 17.5. The zero-order valence-electron chi connectivity index (χ0n) is 9.04. The molecule has 0 aliphatic rings. The van der Waals surface area contributed by atoms with Crippen molar-refractivity contribution in [3.63, 3.8) is 0 Å². The number of benzene rings is 1. The Balaban J connectivity index is 0.00000324. The van der Waals surface area contributed by atoms with Crippen LogP contribution in [0.15, 0.2) is 24.0 Å². The number of esters is 1. The molecule has 0 heterocycles. The number of aliphatic hydroxyl groups is 1. The van der Waals surface area contributed by atoms with E-state index in [1.165, 1.54) is 0 Å². The molecule has 0 aliphatic carbocycles. The molecule has 0 atom stereocenters. The fourth-order valence-electron chi connectivity index (χ4n) is 1.16. The van der Waals surface area contributed by atoms with E-state index in [1.807, 2.05) is 0 Å². The van der Waals surface area contributed by atoms with Crippen LogP contribution in [0.4, 0.5) is 4.39 Å². The molecule has 0 bridgehead atoms. The minimum atomic E-state index is -1.06. The topological polar surface area (TPSA) is 63.6 Å². The average Bonchev–Trinajstić information content (AvgIpc) is 2.34. The summed E-state index contributed by atoms with van der Waals surface area (Å²) in [7, 11) is 1.03. The maximum atomic E-state index is 13.2. The van der Waals surface area contributed by atoms with Gasteiger partial charge < -0.3 is 9.84 Å². The molecule has 1 N–H and O–H groups in total. The van der Waals surface area contributed by atoms with Gasteiger partial charge in [-0.05, 0) is 12.1 Å². The third-order valence-corrected chi connectivity index (χ3v) is 2.64. The first-order chi connectivity index (χ1) is 8.42. The summed E-state index contributed by atoms with van der Waals surface area (Å²) in [5.74, 6) is -2.90. The summed E-state index contributed by atoms with van der Waals surface area (Å²) in [5.41, 5.74) is -0.967. The van der Waals surface area contributed by atoms with Crippen LogP contribution in [-0.2, 0) is 9.53 Å². The summed E-state index contributed by atoms with van der Waals surface area (Å²) >= 11 is 11.2. The fourth-order valence-corrected chi connectivity index (χ4v) is 1.62. The van der Waals surface area contributed by atoms with E-state index in [1.54, 1.807) is 0 Å². The first kappa shape index (κ1) is 18.4. The van der Waals surface area contributed by atoms with Gasteiger partial charge in [0.05, 0.1) is 23.4 Å². The molecule has 0 saturated carbocycles. The number of methoxy groups -OCH3 is 1. The SMILES string of the molecule is COC(=O)/C(=C\O)C(=O)c1cc(F)c(Cl)cc1Cl.[NaH]. The van der Waals surface area contributed by atoms with Crippen molar-refractivity contribution in [2.45, 2.75) is 0 Å². The maximum absolute atomic E-state index is 13.2. The number of rotatable bonds is 3. The predicted octanol–water partition coefficient (Wildman–Crippen LogP) is 2.28. The molecule has 0 spiro atoms. The summed E-state index contributed by atoms with van der Waals surface area (Å²) in [5, 5.41) is 8.42. The molecule has 98 valence electrons. The van der Waals surface area contributed by atoms with Gasteiger partial charge in [0.25, 0.3) is 0 Å². The van der Waals surface area contributed by atoms with Gasteiger partial charge in [0.15, 0.2) is 0 Å². The predicted molar refractivity (Wildman–Crippen MR) is 70.6 cm³/mol. The molecule has 0 fully saturated rings. The van der Waals surface area contributed by atoms with Gasteiger partial charge in [0.2, 0.25) is 5.78 Å². The third kappa shape index (κ3) is 4.19. The van der Waals surface area contributed by atoms with Gasteiger partial charge in [-0.3, -0.25) is 4.79 Å². The Morgan fingerprint density at radius 2 is 1.89 bits per heavy atom. The summed E-state index contributed by atoms with van der Waals surface area (Å²) in [4.78, 5) is 23.0. The molecule has 0 aromatic heterocycles. The number of carbonyl (C=O) groups is 2. The monoisotopic (exact) mass is 316 g/mol. The Kier molecular flexibility index (Phi) is 7.62. The van der Waals surface area contributed by atoms with E-state index in [0.717, 1.165) is 19.2 Å². The van der Waals surface area contributed by atoms with Crippen molar-refractivity contribution in [3.8, 4) is 0 Å². The molecule has 0 aliphatic heterocycles. The molecule has 8 heteroatoms. The standard InChI is InChI=1S/C11H7Cl2FO4.Na.H/c1-18-11(17)6(4-15)10(16)5-2-9(14)8(13)3-7(5)12;;/h2-4,15H,1H3;;/b6-4-;;. The molecule has 0 saturated heterocycles. The molecule has 19 heavy (non-hydrogen) atoms. The molecule has 1 aromatic rings. The number of ketones is 1. The first-order valence-electron chi connectivity index (χ1n) is 4.54. The fraction of sp³-hybridized carbons (Fsp3) is 0.0909. The van der Waals surface area contributed by atoms with Crippen molar-refractivity contribution in [1.29, 1.82) is 0 Å². The van der Waals surface area contributed by atoms with E-state index in [-0.39, 0.29) is 51.4 Å². The average molecular weight is 317 g/mol. The van der Waals surface area contributed by atoms with Crippen molar-refractivity contribution < 1.29 is 23.8 Å². The number of hydrogen-bond donors (Lipinski definition) is 1. The van der Waals surface area contributed by atoms with E-state index in [4.69, 9.17) is 28.3 Å². The van der Waals surface area contributed by atoms with Gasteiger partial charge >= 0.3 is 35.5 Å². The van der Waals surface area contributed by atoms with Crippen LogP contribution in [0.25, 0.3) is 0 Å². The molecular weight excluding hydrogens is 309 g/mol. The van der Waals surface area contributed by atoms with Crippen LogP contribution in [-0.4, -0.2) is 53.5 Å². The number of halogens is 3. The van der Waals surface area contributed by atoms with E-state index >= 15 is 0 Å². The summed E-state index contributed by atoms with van der Waals surface area (Å²) in [6.07, 6.45) is 0.275. The van der Waals surface area contributed by atoms with Crippen LogP contribution in [0.3, 0.4) is 0 Å². The second kappa shape index (κ2) is 7.87. The minimum absolute atomic E-state index is 0. The van der Waals surface area contributed by atoms with Gasteiger partial charge in [-0.15, -0.1) is 0 Å². The molecule has 0 unspecified atom stereocenters. The number of carbonyl (C=O) groups excluding carboxylic acids is 2. The first-order valence-corrected chi connectivity index (χ1v) is 5.30. The Labute approximate surface area is 140 Å². The second-order valence-electron chi connectivity index (χ2n) is 3.11. The Hall–Kier alpha value is -0.590. The van der Waals surface area contributed by atoms with Crippen molar-refractivity contribution in [3.05, 3.63) is 45.4 Å². The zero-order chi connectivity index (χ0) is 13.9. The normalized spacial score (nSPS) is 10.6. The van der Waals surface area contributed by atoms with Crippen LogP contribution in [0.2, 0.25) is 10.0 Å². The zero-order valence-corrected chi connectivity index (χ0v) is 10.5. The van der Waals surface area contributed by atoms with Crippen LogP contribution in [0.5, 0.6) is 0 Å². The molecule has 1 aromatic carbocycles. The van der Waals surface area contributed by atoms with E-state index in [0.29, 0.717) is 0 Å². The molecular formula is C11H8Cl2FNaO4. The van der Waals surface area contributed by atoms with Crippen molar-refractivity contribution >= 4 is 64.5 Å². The Bertz CT molecular complexity index is 546. The van der Waals surface area contributed by atoms with E-state index in [9.17, 15) is 14.0 Å². The van der Waals surface area contributed by atoms with Crippen molar-refractivity contribution in [1.82, 2.24) is 0 Å². The quantitative estimate of drug-likeness (QED) is 0.136. The van der Waals surface area contributed by atoms with Crippen molar-refractivity contribution in [2.24, 2.45) is 0 Å². The second-order valence-corrected chi connectivity index (χ2v) is 3.92. The summed E-state index contributed by atoms with van der Waals surface area (Å²) in [6.45, 7) is 0. The molecule has 0 amide bonds. The molecule has 4 nitrogen and oxygen atoms in total. The number of aliphatic hydroxyl groups excluding tert-OH is 1. The molecule has 0 radical (unpaired) electrons.